The van der Waals surface area contributed by atoms with Crippen molar-refractivity contribution in [2.24, 2.45) is 13.0 Å². The molecule has 1 fully saturated rings. The van der Waals surface area contributed by atoms with Crippen LogP contribution in [0.5, 0.6) is 0 Å². The Bertz CT molecular complexity index is 469. The summed E-state index contributed by atoms with van der Waals surface area (Å²) in [7, 11) is 1.81. The molecular weight excluding hydrogens is 266 g/mol. The number of esters is 1. The van der Waals surface area contributed by atoms with Gasteiger partial charge < -0.3 is 4.74 Å². The van der Waals surface area contributed by atoms with Crippen molar-refractivity contribution < 1.29 is 9.53 Å². The monoisotopic (exact) mass is 285 g/mol. The van der Waals surface area contributed by atoms with Gasteiger partial charge in [-0.3, -0.25) is 14.8 Å². The van der Waals surface area contributed by atoms with Gasteiger partial charge >= 0.3 is 5.97 Å². The van der Waals surface area contributed by atoms with Crippen molar-refractivity contribution >= 4 is 17.6 Å². The van der Waals surface area contributed by atoms with Crippen molar-refractivity contribution in [1.82, 2.24) is 15.1 Å². The van der Waals surface area contributed by atoms with Crippen LogP contribution in [0.3, 0.4) is 0 Å². The van der Waals surface area contributed by atoms with E-state index in [-0.39, 0.29) is 12.0 Å². The Morgan fingerprint density at radius 2 is 2.32 bits per heavy atom. The smallest absolute Gasteiger partial charge is 0.323 e. The summed E-state index contributed by atoms with van der Waals surface area (Å²) in [5, 5.41) is 8.14. The van der Waals surface area contributed by atoms with Crippen molar-refractivity contribution in [1.29, 1.82) is 0 Å². The van der Waals surface area contributed by atoms with Crippen molar-refractivity contribution in [2.45, 2.75) is 39.3 Å². The first kappa shape index (κ1) is 14.3. The molecule has 1 N–H and O–H groups in total. The van der Waals surface area contributed by atoms with Crippen molar-refractivity contribution in [3.63, 3.8) is 0 Å². The van der Waals surface area contributed by atoms with Gasteiger partial charge in [0.1, 0.15) is 11.2 Å². The third kappa shape index (κ3) is 3.28. The summed E-state index contributed by atoms with van der Waals surface area (Å²) < 4.78 is 6.75. The molecule has 5 nitrogen and oxygen atoms in total. The van der Waals surface area contributed by atoms with Gasteiger partial charge in [-0.05, 0) is 32.6 Å². The number of carbonyl (C=O) groups is 1. The van der Waals surface area contributed by atoms with Crippen LogP contribution in [0.15, 0.2) is 0 Å². The number of aromatic nitrogens is 2. The van der Waals surface area contributed by atoms with Crippen LogP contribution in [0.4, 0.5) is 0 Å². The summed E-state index contributed by atoms with van der Waals surface area (Å²) in [4.78, 5) is 11.9. The van der Waals surface area contributed by atoms with E-state index in [1.807, 2.05) is 20.9 Å². The number of carbonyl (C=O) groups excluding carboxylic acids is 1. The molecule has 0 amide bonds. The van der Waals surface area contributed by atoms with Crippen LogP contribution >= 0.6 is 11.6 Å². The molecule has 0 spiro atoms. The predicted octanol–water partition coefficient (Wildman–Crippen LogP) is 1.81. The number of rotatable bonds is 6. The van der Waals surface area contributed by atoms with E-state index in [0.29, 0.717) is 24.2 Å². The van der Waals surface area contributed by atoms with Crippen LogP contribution in [0.25, 0.3) is 0 Å². The predicted molar refractivity (Wildman–Crippen MR) is 72.9 cm³/mol. The molecule has 106 valence electrons. The molecule has 6 heteroatoms. The van der Waals surface area contributed by atoms with Crippen molar-refractivity contribution in [3.05, 3.63) is 16.4 Å². The molecule has 1 aliphatic carbocycles. The molecule has 0 saturated heterocycles. The van der Waals surface area contributed by atoms with E-state index in [2.05, 4.69) is 10.4 Å². The van der Waals surface area contributed by atoms with Gasteiger partial charge in [0.15, 0.2) is 0 Å². The van der Waals surface area contributed by atoms with Crippen molar-refractivity contribution in [3.8, 4) is 0 Å². The molecule has 0 unspecified atom stereocenters. The number of aryl methyl sites for hydroxylation is 2. The van der Waals surface area contributed by atoms with E-state index in [1.54, 1.807) is 4.68 Å². The van der Waals surface area contributed by atoms with Crippen molar-refractivity contribution in [2.75, 3.05) is 6.61 Å². The van der Waals surface area contributed by atoms with Gasteiger partial charge in [0.25, 0.3) is 0 Å². The lowest BCUT2D eigenvalue weighted by atomic mass is 10.1. The minimum Gasteiger partial charge on any atom is -0.465 e. The van der Waals surface area contributed by atoms with E-state index in [4.69, 9.17) is 16.3 Å². The van der Waals surface area contributed by atoms with Gasteiger partial charge in [-0.2, -0.15) is 5.10 Å². The number of ether oxygens (including phenoxy) is 1. The average molecular weight is 286 g/mol. The van der Waals surface area contributed by atoms with E-state index < -0.39 is 0 Å². The fourth-order valence-corrected chi connectivity index (χ4v) is 2.43. The first-order chi connectivity index (χ1) is 9.04. The number of halogens is 1. The Balaban J connectivity index is 2.00. The Hall–Kier alpha value is -1.07. The molecule has 1 aliphatic rings. The van der Waals surface area contributed by atoms with Gasteiger partial charge in [0.05, 0.1) is 12.3 Å². The second-order valence-electron chi connectivity index (χ2n) is 4.93. The maximum absolute atomic E-state index is 11.9. The van der Waals surface area contributed by atoms with Crippen LogP contribution in [0, 0.1) is 12.8 Å². The molecule has 1 heterocycles. The summed E-state index contributed by atoms with van der Waals surface area (Å²) >= 11 is 6.18. The molecule has 0 bridgehead atoms. The molecule has 0 radical (unpaired) electrons. The topological polar surface area (TPSA) is 56.1 Å². The first-order valence-corrected chi connectivity index (χ1v) is 7.00. The third-order valence-corrected chi connectivity index (χ3v) is 3.88. The van der Waals surface area contributed by atoms with E-state index in [0.717, 1.165) is 24.1 Å². The van der Waals surface area contributed by atoms with E-state index >= 15 is 0 Å². The highest BCUT2D eigenvalue weighted by atomic mass is 35.5. The Morgan fingerprint density at radius 1 is 1.63 bits per heavy atom. The minimum atomic E-state index is -0.226. The number of nitrogens with one attached hydrogen (secondary N) is 1. The normalized spacial score (nSPS) is 16.4. The quantitative estimate of drug-likeness (QED) is 0.810. The van der Waals surface area contributed by atoms with Crippen LogP contribution in [0.1, 0.15) is 31.0 Å². The lowest BCUT2D eigenvalue weighted by molar-refractivity contribution is -0.146. The molecule has 0 aliphatic heterocycles. The van der Waals surface area contributed by atoms with Gasteiger partial charge in [0.2, 0.25) is 0 Å². The molecule has 1 aromatic rings. The first-order valence-electron chi connectivity index (χ1n) is 6.62. The standard InChI is InChI=1S/C13H20ClN3O2/c1-4-19-13(18)11(9-5-6-9)15-7-10-8(2)16-17(3)12(10)14/h9,11,15H,4-7H2,1-3H3/t11-/m1/s1. The van der Waals surface area contributed by atoms with Gasteiger partial charge in [0, 0.05) is 19.2 Å². The van der Waals surface area contributed by atoms with Gasteiger partial charge in [-0.25, -0.2) is 0 Å². The molecule has 0 aromatic carbocycles. The highest BCUT2D eigenvalue weighted by Crippen LogP contribution is 2.33. The lowest BCUT2D eigenvalue weighted by Crippen LogP contribution is -2.39. The van der Waals surface area contributed by atoms with E-state index in [1.165, 1.54) is 0 Å². The minimum absolute atomic E-state index is 0.164. The fourth-order valence-electron chi connectivity index (χ4n) is 2.19. The third-order valence-electron chi connectivity index (χ3n) is 3.40. The maximum atomic E-state index is 11.9. The zero-order valence-corrected chi connectivity index (χ0v) is 12.3. The molecule has 19 heavy (non-hydrogen) atoms. The lowest BCUT2D eigenvalue weighted by Gasteiger charge is -2.16. The average Bonchev–Trinajstić information content (AvgIpc) is 3.14. The highest BCUT2D eigenvalue weighted by molar-refractivity contribution is 6.30. The van der Waals surface area contributed by atoms with Gasteiger partial charge in [-0.15, -0.1) is 0 Å². The SMILES string of the molecule is CCOC(=O)[C@H](NCc1c(C)nn(C)c1Cl)C1CC1. The molecule has 1 atom stereocenters. The summed E-state index contributed by atoms with van der Waals surface area (Å²) in [5.41, 5.74) is 1.83. The fraction of sp³-hybridized carbons (Fsp3) is 0.692. The highest BCUT2D eigenvalue weighted by Gasteiger charge is 2.37. The molecule has 2 rings (SSSR count). The van der Waals surface area contributed by atoms with E-state index in [9.17, 15) is 4.79 Å². The van der Waals surface area contributed by atoms with Crippen LogP contribution in [-0.2, 0) is 23.1 Å². The second kappa shape index (κ2) is 5.92. The summed E-state index contributed by atoms with van der Waals surface area (Å²) in [5.74, 6) is 0.234. The maximum Gasteiger partial charge on any atom is 0.323 e. The molecular formula is C13H20ClN3O2. The summed E-state index contributed by atoms with van der Waals surface area (Å²) in [6.45, 7) is 4.69. The van der Waals surface area contributed by atoms with Crippen LogP contribution in [-0.4, -0.2) is 28.4 Å². The zero-order valence-electron chi connectivity index (χ0n) is 11.6. The number of hydrogen-bond donors (Lipinski definition) is 1. The van der Waals surface area contributed by atoms with Gasteiger partial charge in [-0.1, -0.05) is 11.6 Å². The van der Waals surface area contributed by atoms with Crippen LogP contribution in [0.2, 0.25) is 5.15 Å². The Morgan fingerprint density at radius 3 is 2.79 bits per heavy atom. The van der Waals surface area contributed by atoms with Crippen LogP contribution < -0.4 is 5.32 Å². The Kier molecular flexibility index (Phi) is 4.47. The molecule has 1 saturated carbocycles. The summed E-state index contributed by atoms with van der Waals surface area (Å²) in [6, 6.07) is -0.226. The second-order valence-corrected chi connectivity index (χ2v) is 5.28. The zero-order chi connectivity index (χ0) is 14.0. The largest absolute Gasteiger partial charge is 0.465 e. The molecule has 1 aromatic heterocycles. The number of nitrogens with zero attached hydrogens (tertiary/aromatic N) is 2. The number of hydrogen-bond acceptors (Lipinski definition) is 4. The summed E-state index contributed by atoms with van der Waals surface area (Å²) in [6.07, 6.45) is 2.16. The Labute approximate surface area is 118 Å².